The minimum Gasteiger partial charge on any atom is -0.437 e. The largest absolute Gasteiger partial charge is 0.437 e. The Labute approximate surface area is 137 Å². The molecule has 0 aliphatic heterocycles. The van der Waals surface area contributed by atoms with Crippen LogP contribution in [0.1, 0.15) is 0 Å². The number of hydrogen-bond acceptors (Lipinski definition) is 5. The van der Waals surface area contributed by atoms with Crippen molar-refractivity contribution in [1.29, 1.82) is 0 Å². The molecule has 0 unspecified atom stereocenters. The summed E-state index contributed by atoms with van der Waals surface area (Å²) >= 11 is 1.60. The first-order valence-corrected chi connectivity index (χ1v) is 8.01. The van der Waals surface area contributed by atoms with Gasteiger partial charge >= 0.3 is 0 Å². The summed E-state index contributed by atoms with van der Waals surface area (Å²) in [5, 5.41) is 4.12. The van der Waals surface area contributed by atoms with E-state index in [1.165, 1.54) is 0 Å². The molecule has 2 heterocycles. The van der Waals surface area contributed by atoms with Gasteiger partial charge in [-0.15, -0.1) is 0 Å². The summed E-state index contributed by atoms with van der Waals surface area (Å²) in [5.74, 6) is 1.27. The van der Waals surface area contributed by atoms with Crippen molar-refractivity contribution >= 4 is 32.4 Å². The van der Waals surface area contributed by atoms with Crippen LogP contribution in [0, 0.1) is 0 Å². The van der Waals surface area contributed by atoms with Gasteiger partial charge in [0.25, 0.3) is 0 Å². The van der Waals surface area contributed by atoms with Gasteiger partial charge in [-0.1, -0.05) is 41.7 Å². The van der Waals surface area contributed by atoms with Gasteiger partial charge in [0.1, 0.15) is 11.4 Å². The number of fused-ring (bicyclic) bond motifs is 1. The van der Waals surface area contributed by atoms with E-state index in [9.17, 15) is 0 Å². The maximum absolute atomic E-state index is 5.86. The monoisotopic (exact) mass is 319 g/mol. The molecule has 0 saturated heterocycles. The quantitative estimate of drug-likeness (QED) is 0.559. The van der Waals surface area contributed by atoms with Crippen molar-refractivity contribution in [2.45, 2.75) is 0 Å². The summed E-state index contributed by atoms with van der Waals surface area (Å²) in [6.07, 6.45) is 1.71. The van der Waals surface area contributed by atoms with Gasteiger partial charge in [0.2, 0.25) is 5.88 Å². The van der Waals surface area contributed by atoms with Gasteiger partial charge in [-0.3, -0.25) is 0 Å². The summed E-state index contributed by atoms with van der Waals surface area (Å²) in [6.45, 7) is 0. The van der Waals surface area contributed by atoms with E-state index in [-0.39, 0.29) is 0 Å². The van der Waals surface area contributed by atoms with E-state index in [0.29, 0.717) is 5.88 Å². The highest BCUT2D eigenvalue weighted by Crippen LogP contribution is 2.32. The smallest absolute Gasteiger partial charge is 0.243 e. The molecule has 1 N–H and O–H groups in total. The number of thiazole rings is 1. The van der Waals surface area contributed by atoms with Crippen LogP contribution in [0.5, 0.6) is 11.6 Å². The van der Waals surface area contributed by atoms with Crippen molar-refractivity contribution in [3.63, 3.8) is 0 Å². The summed E-state index contributed by atoms with van der Waals surface area (Å²) in [6, 6.07) is 21.5. The molecule has 0 spiro atoms. The van der Waals surface area contributed by atoms with E-state index >= 15 is 0 Å². The lowest BCUT2D eigenvalue weighted by Gasteiger charge is -2.09. The molecule has 0 bridgehead atoms. The number of anilines is 2. The van der Waals surface area contributed by atoms with Gasteiger partial charge in [0, 0.05) is 6.20 Å². The SMILES string of the molecule is c1ccc(Oc2ncccc2Nc2nc3ccccc3s2)cc1. The van der Waals surface area contributed by atoms with E-state index in [1.807, 2.05) is 60.7 Å². The average Bonchev–Trinajstić information content (AvgIpc) is 3.00. The topological polar surface area (TPSA) is 47.0 Å². The number of rotatable bonds is 4. The predicted octanol–water partition coefficient (Wildman–Crippen LogP) is 5.23. The number of benzene rings is 2. The number of nitrogens with one attached hydrogen (secondary N) is 1. The third kappa shape index (κ3) is 3.00. The number of ether oxygens (including phenoxy) is 1. The van der Waals surface area contributed by atoms with Crippen molar-refractivity contribution in [3.8, 4) is 11.6 Å². The molecule has 112 valence electrons. The van der Waals surface area contributed by atoms with E-state index in [2.05, 4.69) is 21.4 Å². The summed E-state index contributed by atoms with van der Waals surface area (Å²) in [7, 11) is 0. The van der Waals surface area contributed by atoms with E-state index in [1.54, 1.807) is 17.5 Å². The highest BCUT2D eigenvalue weighted by atomic mass is 32.1. The molecule has 0 fully saturated rings. The van der Waals surface area contributed by atoms with Crippen LogP contribution < -0.4 is 10.1 Å². The zero-order chi connectivity index (χ0) is 15.5. The molecule has 4 nitrogen and oxygen atoms in total. The normalized spacial score (nSPS) is 10.6. The average molecular weight is 319 g/mol. The van der Waals surface area contributed by atoms with Gasteiger partial charge in [-0.2, -0.15) is 0 Å². The highest BCUT2D eigenvalue weighted by molar-refractivity contribution is 7.22. The van der Waals surface area contributed by atoms with E-state index in [0.717, 1.165) is 26.8 Å². The Morgan fingerprint density at radius 2 is 1.70 bits per heavy atom. The lowest BCUT2D eigenvalue weighted by Crippen LogP contribution is -1.95. The van der Waals surface area contributed by atoms with Crippen molar-refractivity contribution in [3.05, 3.63) is 72.9 Å². The summed E-state index contributed by atoms with van der Waals surface area (Å²) in [4.78, 5) is 8.90. The number of hydrogen-bond donors (Lipinski definition) is 1. The Morgan fingerprint density at radius 1 is 0.870 bits per heavy atom. The van der Waals surface area contributed by atoms with E-state index < -0.39 is 0 Å². The number of pyridine rings is 1. The van der Waals surface area contributed by atoms with E-state index in [4.69, 9.17) is 4.74 Å². The maximum atomic E-state index is 5.86. The molecule has 4 rings (SSSR count). The molecule has 2 aromatic carbocycles. The summed E-state index contributed by atoms with van der Waals surface area (Å²) in [5.41, 5.74) is 1.77. The molecule has 0 radical (unpaired) electrons. The zero-order valence-corrected chi connectivity index (χ0v) is 13.0. The van der Waals surface area contributed by atoms with Crippen LogP contribution in [0.25, 0.3) is 10.2 Å². The molecule has 0 aliphatic carbocycles. The molecule has 23 heavy (non-hydrogen) atoms. The van der Waals surface area contributed by atoms with Crippen LogP contribution in [-0.4, -0.2) is 9.97 Å². The molecular formula is C18H13N3OS. The van der Waals surface area contributed by atoms with Gasteiger partial charge in [0.15, 0.2) is 5.13 Å². The minimum absolute atomic E-state index is 0.526. The zero-order valence-electron chi connectivity index (χ0n) is 12.1. The number of nitrogens with zero attached hydrogens (tertiary/aromatic N) is 2. The first kappa shape index (κ1) is 13.7. The number of aromatic nitrogens is 2. The Kier molecular flexibility index (Phi) is 3.62. The van der Waals surface area contributed by atoms with Crippen molar-refractivity contribution < 1.29 is 4.74 Å². The molecule has 2 aromatic heterocycles. The van der Waals surface area contributed by atoms with Crippen LogP contribution in [0.3, 0.4) is 0 Å². The highest BCUT2D eigenvalue weighted by Gasteiger charge is 2.09. The third-order valence-electron chi connectivity index (χ3n) is 3.26. The van der Waals surface area contributed by atoms with Crippen molar-refractivity contribution in [2.75, 3.05) is 5.32 Å². The fraction of sp³-hybridized carbons (Fsp3) is 0. The lowest BCUT2D eigenvalue weighted by atomic mass is 10.3. The Balaban J connectivity index is 1.64. The summed E-state index contributed by atoms with van der Waals surface area (Å²) < 4.78 is 7.00. The fourth-order valence-corrected chi connectivity index (χ4v) is 3.09. The van der Waals surface area contributed by atoms with Crippen LogP contribution in [0.4, 0.5) is 10.8 Å². The predicted molar refractivity (Wildman–Crippen MR) is 93.7 cm³/mol. The van der Waals surface area contributed by atoms with Gasteiger partial charge < -0.3 is 10.1 Å². The molecule has 0 atom stereocenters. The fourth-order valence-electron chi connectivity index (χ4n) is 2.21. The van der Waals surface area contributed by atoms with Crippen LogP contribution >= 0.6 is 11.3 Å². The molecule has 4 aromatic rings. The van der Waals surface area contributed by atoms with Gasteiger partial charge in [-0.25, -0.2) is 9.97 Å². The second-order valence-corrected chi connectivity index (χ2v) is 5.91. The second kappa shape index (κ2) is 6.06. The van der Waals surface area contributed by atoms with Crippen LogP contribution in [-0.2, 0) is 0 Å². The first-order valence-electron chi connectivity index (χ1n) is 7.19. The molecule has 5 heteroatoms. The molecular weight excluding hydrogens is 306 g/mol. The molecule has 0 amide bonds. The maximum Gasteiger partial charge on any atom is 0.243 e. The Bertz CT molecular complexity index is 904. The molecule has 0 aliphatic rings. The van der Waals surface area contributed by atoms with Gasteiger partial charge in [0.05, 0.1) is 10.2 Å². The third-order valence-corrected chi connectivity index (χ3v) is 4.22. The first-order chi connectivity index (χ1) is 11.4. The Morgan fingerprint density at radius 3 is 2.57 bits per heavy atom. The minimum atomic E-state index is 0.526. The van der Waals surface area contributed by atoms with Crippen LogP contribution in [0.2, 0.25) is 0 Å². The number of para-hydroxylation sites is 2. The van der Waals surface area contributed by atoms with Crippen molar-refractivity contribution in [1.82, 2.24) is 9.97 Å². The van der Waals surface area contributed by atoms with Crippen molar-refractivity contribution in [2.24, 2.45) is 0 Å². The molecule has 0 saturated carbocycles. The standard InChI is InChI=1S/C18H13N3OS/c1-2-7-13(8-3-1)22-17-15(10-6-12-19-17)21-18-20-14-9-4-5-11-16(14)23-18/h1-12H,(H,20,21). The van der Waals surface area contributed by atoms with Crippen LogP contribution in [0.15, 0.2) is 72.9 Å². The Hall–Kier alpha value is -2.92. The lowest BCUT2D eigenvalue weighted by molar-refractivity contribution is 0.465. The second-order valence-electron chi connectivity index (χ2n) is 4.88. The van der Waals surface area contributed by atoms with Gasteiger partial charge in [-0.05, 0) is 36.4 Å².